The zero-order valence-electron chi connectivity index (χ0n) is 12.8. The van der Waals surface area contributed by atoms with E-state index in [1.807, 2.05) is 6.92 Å². The molecule has 1 fully saturated rings. The molecule has 0 aliphatic carbocycles. The van der Waals surface area contributed by atoms with Crippen molar-refractivity contribution in [2.75, 3.05) is 23.7 Å². The van der Waals surface area contributed by atoms with E-state index in [2.05, 4.69) is 14.9 Å². The van der Waals surface area contributed by atoms with E-state index in [1.165, 1.54) is 12.1 Å². The number of ether oxygens (including phenoxy) is 1. The molecule has 0 amide bonds. The molecule has 122 valence electrons. The fourth-order valence-electron chi connectivity index (χ4n) is 2.66. The van der Waals surface area contributed by atoms with Gasteiger partial charge >= 0.3 is 0 Å². The number of rotatable bonds is 3. The molecular formula is C16H18F2N4O. The number of benzene rings is 1. The van der Waals surface area contributed by atoms with E-state index in [9.17, 15) is 8.78 Å². The minimum absolute atomic E-state index is 0.0854. The molecule has 5 nitrogen and oxygen atoms in total. The molecule has 1 aromatic carbocycles. The maximum atomic E-state index is 13.6. The van der Waals surface area contributed by atoms with Gasteiger partial charge in [0.25, 0.3) is 0 Å². The third-order valence-electron chi connectivity index (χ3n) is 3.85. The monoisotopic (exact) mass is 320 g/mol. The van der Waals surface area contributed by atoms with Crippen molar-refractivity contribution >= 4 is 11.5 Å². The van der Waals surface area contributed by atoms with Crippen molar-refractivity contribution < 1.29 is 13.5 Å². The van der Waals surface area contributed by atoms with Crippen molar-refractivity contribution in [3.8, 4) is 5.75 Å². The summed E-state index contributed by atoms with van der Waals surface area (Å²) in [6, 6.07) is 3.34. The van der Waals surface area contributed by atoms with Crippen LogP contribution in [0.5, 0.6) is 5.75 Å². The number of aryl methyl sites for hydroxylation is 1. The van der Waals surface area contributed by atoms with Gasteiger partial charge in [0.05, 0.1) is 11.9 Å². The second-order valence-electron chi connectivity index (χ2n) is 5.58. The Bertz CT molecular complexity index is 702. The first-order valence-corrected chi connectivity index (χ1v) is 7.48. The molecule has 1 aromatic heterocycles. The highest BCUT2D eigenvalue weighted by Gasteiger charge is 2.23. The predicted molar refractivity (Wildman–Crippen MR) is 83.4 cm³/mol. The minimum atomic E-state index is -0.678. The maximum Gasteiger partial charge on any atom is 0.167 e. The van der Waals surface area contributed by atoms with Gasteiger partial charge in [-0.2, -0.15) is 0 Å². The molecule has 1 saturated heterocycles. The highest BCUT2D eigenvalue weighted by Crippen LogP contribution is 2.26. The average molecular weight is 320 g/mol. The number of anilines is 2. The van der Waals surface area contributed by atoms with Crippen molar-refractivity contribution in [2.24, 2.45) is 0 Å². The number of aromatic nitrogens is 2. The van der Waals surface area contributed by atoms with Gasteiger partial charge in [0, 0.05) is 32.0 Å². The molecule has 2 heterocycles. The zero-order chi connectivity index (χ0) is 16.4. The molecule has 0 atom stereocenters. The molecule has 23 heavy (non-hydrogen) atoms. The van der Waals surface area contributed by atoms with E-state index in [4.69, 9.17) is 10.5 Å². The van der Waals surface area contributed by atoms with Crippen LogP contribution >= 0.6 is 0 Å². The molecule has 0 bridgehead atoms. The van der Waals surface area contributed by atoms with Gasteiger partial charge in [-0.3, -0.25) is 0 Å². The first-order valence-electron chi connectivity index (χ1n) is 7.48. The summed E-state index contributed by atoms with van der Waals surface area (Å²) in [7, 11) is 0. The topological polar surface area (TPSA) is 64.3 Å². The highest BCUT2D eigenvalue weighted by atomic mass is 19.1. The summed E-state index contributed by atoms with van der Waals surface area (Å²) in [5, 5.41) is 0. The van der Waals surface area contributed by atoms with Crippen molar-refractivity contribution in [2.45, 2.75) is 25.9 Å². The lowest BCUT2D eigenvalue weighted by Gasteiger charge is -2.33. The Labute approximate surface area is 133 Å². The Kier molecular flexibility index (Phi) is 4.27. The molecule has 2 N–H and O–H groups in total. The second kappa shape index (κ2) is 6.36. The van der Waals surface area contributed by atoms with Crippen LogP contribution in [-0.2, 0) is 0 Å². The first kappa shape index (κ1) is 15.5. The molecule has 7 heteroatoms. The fourth-order valence-corrected chi connectivity index (χ4v) is 2.66. The molecule has 1 aliphatic heterocycles. The van der Waals surface area contributed by atoms with Crippen LogP contribution in [-0.4, -0.2) is 29.2 Å². The van der Waals surface area contributed by atoms with Crippen LogP contribution in [0.25, 0.3) is 0 Å². The Morgan fingerprint density at radius 3 is 2.70 bits per heavy atom. The van der Waals surface area contributed by atoms with Crippen LogP contribution in [0.4, 0.5) is 20.3 Å². The van der Waals surface area contributed by atoms with Gasteiger partial charge in [0.1, 0.15) is 17.7 Å². The second-order valence-corrected chi connectivity index (χ2v) is 5.58. The Hall–Kier alpha value is -2.44. The van der Waals surface area contributed by atoms with Gasteiger partial charge in [-0.05, 0) is 19.1 Å². The van der Waals surface area contributed by atoms with Crippen LogP contribution in [0.2, 0.25) is 0 Å². The van der Waals surface area contributed by atoms with Crippen LogP contribution < -0.4 is 15.4 Å². The summed E-state index contributed by atoms with van der Waals surface area (Å²) in [5.74, 6) is 0.189. The first-order chi connectivity index (χ1) is 11.0. The lowest BCUT2D eigenvalue weighted by molar-refractivity contribution is 0.163. The Morgan fingerprint density at radius 2 is 2.00 bits per heavy atom. The molecule has 1 aliphatic rings. The summed E-state index contributed by atoms with van der Waals surface area (Å²) in [6.45, 7) is 3.22. The number of hydrogen-bond donors (Lipinski definition) is 1. The van der Waals surface area contributed by atoms with E-state index in [1.54, 1.807) is 6.20 Å². The van der Waals surface area contributed by atoms with E-state index < -0.39 is 11.6 Å². The third kappa shape index (κ3) is 3.49. The molecule has 0 unspecified atom stereocenters. The van der Waals surface area contributed by atoms with Crippen molar-refractivity contribution in [3.63, 3.8) is 0 Å². The summed E-state index contributed by atoms with van der Waals surface area (Å²) in [6.07, 6.45) is 2.91. The summed E-state index contributed by atoms with van der Waals surface area (Å²) < 4.78 is 32.2. The quantitative estimate of drug-likeness (QED) is 0.942. The summed E-state index contributed by atoms with van der Waals surface area (Å²) in [4.78, 5) is 10.5. The normalized spacial score (nSPS) is 15.7. The molecule has 0 spiro atoms. The summed E-state index contributed by atoms with van der Waals surface area (Å²) in [5.41, 5.74) is 6.47. The van der Waals surface area contributed by atoms with E-state index >= 15 is 0 Å². The number of piperidine rings is 1. The van der Waals surface area contributed by atoms with Gasteiger partial charge in [0.15, 0.2) is 17.4 Å². The Morgan fingerprint density at radius 1 is 1.26 bits per heavy atom. The Balaban J connectivity index is 1.63. The van der Waals surface area contributed by atoms with Crippen molar-refractivity contribution in [1.82, 2.24) is 9.97 Å². The maximum absolute atomic E-state index is 13.6. The lowest BCUT2D eigenvalue weighted by Crippen LogP contribution is -2.39. The van der Waals surface area contributed by atoms with Crippen molar-refractivity contribution in [3.05, 3.63) is 41.9 Å². The van der Waals surface area contributed by atoms with Gasteiger partial charge in [-0.15, -0.1) is 0 Å². The third-order valence-corrected chi connectivity index (χ3v) is 3.85. The SMILES string of the molecule is Cc1ncc(N)c(N2CCC(Oc3ccc(F)cc3F)CC2)n1. The number of nitrogen functional groups attached to an aromatic ring is 1. The zero-order valence-corrected chi connectivity index (χ0v) is 12.8. The molecule has 0 radical (unpaired) electrons. The standard InChI is InChI=1S/C16H18F2N4O/c1-10-20-9-14(19)16(21-10)22-6-4-12(5-7-22)23-15-3-2-11(17)8-13(15)18/h2-3,8-9,12H,4-7,19H2,1H3. The average Bonchev–Trinajstić information content (AvgIpc) is 2.53. The molecular weight excluding hydrogens is 302 g/mol. The van der Waals surface area contributed by atoms with Crippen LogP contribution in [0.3, 0.4) is 0 Å². The fraction of sp³-hybridized carbons (Fsp3) is 0.375. The number of nitrogens with zero attached hydrogens (tertiary/aromatic N) is 3. The van der Waals surface area contributed by atoms with Crippen molar-refractivity contribution in [1.29, 1.82) is 0 Å². The van der Waals surface area contributed by atoms with E-state index in [-0.39, 0.29) is 11.9 Å². The van der Waals surface area contributed by atoms with E-state index in [0.29, 0.717) is 37.4 Å². The van der Waals surface area contributed by atoms with Gasteiger partial charge in [-0.25, -0.2) is 18.7 Å². The van der Waals surface area contributed by atoms with Crippen LogP contribution in [0.15, 0.2) is 24.4 Å². The summed E-state index contributed by atoms with van der Waals surface area (Å²) >= 11 is 0. The predicted octanol–water partition coefficient (Wildman–Crippen LogP) is 2.69. The molecule has 3 rings (SSSR count). The molecule has 2 aromatic rings. The van der Waals surface area contributed by atoms with Gasteiger partial charge < -0.3 is 15.4 Å². The molecule has 0 saturated carbocycles. The highest BCUT2D eigenvalue weighted by molar-refractivity contribution is 5.61. The van der Waals surface area contributed by atoms with Gasteiger partial charge in [-0.1, -0.05) is 0 Å². The number of hydrogen-bond acceptors (Lipinski definition) is 5. The number of nitrogens with two attached hydrogens (primary N) is 1. The smallest absolute Gasteiger partial charge is 0.167 e. The lowest BCUT2D eigenvalue weighted by atomic mass is 10.1. The van der Waals surface area contributed by atoms with E-state index in [0.717, 1.165) is 11.9 Å². The largest absolute Gasteiger partial charge is 0.487 e. The van der Waals surface area contributed by atoms with Gasteiger partial charge in [0.2, 0.25) is 0 Å². The van der Waals surface area contributed by atoms with Crippen LogP contribution in [0.1, 0.15) is 18.7 Å². The number of halogens is 2. The minimum Gasteiger partial charge on any atom is -0.487 e. The van der Waals surface area contributed by atoms with Crippen LogP contribution in [0, 0.1) is 18.6 Å².